The number of benzene rings is 3. The van der Waals surface area contributed by atoms with Gasteiger partial charge >= 0.3 is 0 Å². The Bertz CT molecular complexity index is 1940. The van der Waals surface area contributed by atoms with Crippen molar-refractivity contribution in [3.8, 4) is 23.2 Å². The maximum Gasteiger partial charge on any atom is 0.273 e. The summed E-state index contributed by atoms with van der Waals surface area (Å²) in [6.07, 6.45) is 1.69. The molecule has 0 amide bonds. The number of morpholine rings is 1. The van der Waals surface area contributed by atoms with E-state index >= 15 is 0 Å². The Kier molecular flexibility index (Phi) is 7.64. The highest BCUT2D eigenvalue weighted by molar-refractivity contribution is 7.07. The molecule has 0 unspecified atom stereocenters. The van der Waals surface area contributed by atoms with Crippen LogP contribution >= 0.6 is 11.3 Å². The maximum atomic E-state index is 13.9. The molecule has 0 bridgehead atoms. The van der Waals surface area contributed by atoms with Crippen LogP contribution in [0.15, 0.2) is 83.7 Å². The molecule has 0 spiro atoms. The molecule has 3 aromatic carbocycles. The molecular weight excluding hydrogens is 555 g/mol. The van der Waals surface area contributed by atoms with E-state index in [4.69, 9.17) is 9.47 Å². The molecule has 0 N–H and O–H groups in total. The zero-order valence-corrected chi connectivity index (χ0v) is 23.4. The first-order valence-electron chi connectivity index (χ1n) is 13.2. The van der Waals surface area contributed by atoms with Crippen LogP contribution < -0.4 is 24.4 Å². The fourth-order valence-electron chi connectivity index (χ4n) is 4.74. The monoisotopic (exact) mass is 580 g/mol. The number of hydrogen-bond donors (Lipinski definition) is 0. The molecule has 2 aromatic heterocycles. The molecule has 1 fully saturated rings. The van der Waals surface area contributed by atoms with Gasteiger partial charge in [0.05, 0.1) is 36.2 Å². The Hall–Kier alpha value is -5.05. The minimum Gasteiger partial charge on any atom is -0.497 e. The van der Waals surface area contributed by atoms with Gasteiger partial charge in [-0.05, 0) is 60.2 Å². The third kappa shape index (κ3) is 5.21. The van der Waals surface area contributed by atoms with Crippen LogP contribution in [0.25, 0.3) is 23.0 Å². The molecule has 42 heavy (non-hydrogen) atoms. The fourth-order valence-corrected chi connectivity index (χ4v) is 5.84. The van der Waals surface area contributed by atoms with Crippen LogP contribution in [-0.4, -0.2) is 52.7 Å². The Morgan fingerprint density at radius 1 is 0.976 bits per heavy atom. The molecule has 0 saturated carbocycles. The van der Waals surface area contributed by atoms with Gasteiger partial charge in [0.25, 0.3) is 5.56 Å². The van der Waals surface area contributed by atoms with Gasteiger partial charge in [0.1, 0.15) is 27.9 Å². The summed E-state index contributed by atoms with van der Waals surface area (Å²) in [5.74, 6) is 1.15. The number of rotatable bonds is 6. The van der Waals surface area contributed by atoms with Crippen molar-refractivity contribution in [3.05, 3.63) is 116 Å². The largest absolute Gasteiger partial charge is 0.497 e. The average Bonchev–Trinajstić information content (AvgIpc) is 3.61. The minimum atomic E-state index is -0.369. The number of aromatic nitrogens is 4. The predicted octanol–water partition coefficient (Wildman–Crippen LogP) is 3.02. The lowest BCUT2D eigenvalue weighted by Crippen LogP contribution is -2.38. The number of thiazole rings is 1. The molecule has 0 atom stereocenters. The number of para-hydroxylation sites is 1. The van der Waals surface area contributed by atoms with Gasteiger partial charge in [0.15, 0.2) is 5.82 Å². The van der Waals surface area contributed by atoms with Gasteiger partial charge in [-0.15, -0.1) is 21.5 Å². The molecule has 11 heteroatoms. The van der Waals surface area contributed by atoms with Crippen molar-refractivity contribution >= 4 is 28.9 Å². The van der Waals surface area contributed by atoms with Crippen LogP contribution in [0.4, 0.5) is 10.3 Å². The summed E-state index contributed by atoms with van der Waals surface area (Å²) in [4.78, 5) is 16.0. The molecule has 9 nitrogen and oxygen atoms in total. The van der Waals surface area contributed by atoms with Gasteiger partial charge in [-0.2, -0.15) is 5.26 Å². The lowest BCUT2D eigenvalue weighted by atomic mass is 10.2. The summed E-state index contributed by atoms with van der Waals surface area (Å²) >= 11 is 1.16. The summed E-state index contributed by atoms with van der Waals surface area (Å²) in [5, 5.41) is 19.6. The quantitative estimate of drug-likeness (QED) is 0.305. The molecule has 1 saturated heterocycles. The van der Waals surface area contributed by atoms with E-state index in [0.717, 1.165) is 17.0 Å². The lowest BCUT2D eigenvalue weighted by molar-refractivity contribution is 0.122. The summed E-state index contributed by atoms with van der Waals surface area (Å²) in [6, 6.07) is 24.8. The van der Waals surface area contributed by atoms with Crippen LogP contribution in [0.1, 0.15) is 11.4 Å². The van der Waals surface area contributed by atoms with Gasteiger partial charge in [-0.25, -0.2) is 4.39 Å². The normalized spacial score (nSPS) is 14.5. The van der Waals surface area contributed by atoms with Gasteiger partial charge in [0, 0.05) is 13.1 Å². The van der Waals surface area contributed by atoms with Crippen molar-refractivity contribution in [2.45, 2.75) is 0 Å². The number of halogens is 1. The van der Waals surface area contributed by atoms with Crippen LogP contribution in [-0.2, 0) is 4.74 Å². The molecule has 1 aliphatic heterocycles. The summed E-state index contributed by atoms with van der Waals surface area (Å²) in [5.41, 5.74) is 1.85. The van der Waals surface area contributed by atoms with Gasteiger partial charge in [-0.3, -0.25) is 13.9 Å². The van der Waals surface area contributed by atoms with Crippen molar-refractivity contribution in [2.24, 2.45) is 0 Å². The molecule has 0 aliphatic carbocycles. The molecule has 3 heterocycles. The Balaban J connectivity index is 1.65. The average molecular weight is 581 g/mol. The zero-order chi connectivity index (χ0) is 29.1. The smallest absolute Gasteiger partial charge is 0.273 e. The second kappa shape index (κ2) is 11.8. The van der Waals surface area contributed by atoms with E-state index in [1.165, 1.54) is 16.7 Å². The molecule has 5 aromatic rings. The number of methoxy groups -OCH3 is 1. The first-order valence-corrected chi connectivity index (χ1v) is 14.0. The minimum absolute atomic E-state index is 0.183. The van der Waals surface area contributed by atoms with Crippen molar-refractivity contribution < 1.29 is 13.9 Å². The van der Waals surface area contributed by atoms with Gasteiger partial charge in [-0.1, -0.05) is 30.3 Å². The summed E-state index contributed by atoms with van der Waals surface area (Å²) < 4.78 is 28.5. The molecule has 0 radical (unpaired) electrons. The Labute approximate surface area is 244 Å². The zero-order valence-electron chi connectivity index (χ0n) is 22.6. The molecule has 1 aliphatic rings. The SMILES string of the molecule is COc1ccc(-n2c(=O)/c(=C/c3ccc(F)cc3)s/c2=C(/C#N)c2nnc(N3CCOCC3)n2-c2ccccc2)cc1. The van der Waals surface area contributed by atoms with Crippen LogP contribution in [0, 0.1) is 17.1 Å². The predicted molar refractivity (Wildman–Crippen MR) is 158 cm³/mol. The van der Waals surface area contributed by atoms with Crippen molar-refractivity contribution in [2.75, 3.05) is 38.3 Å². The van der Waals surface area contributed by atoms with Gasteiger partial charge < -0.3 is 14.4 Å². The second-order valence-corrected chi connectivity index (χ2v) is 10.4. The first-order chi connectivity index (χ1) is 20.6. The third-order valence-corrected chi connectivity index (χ3v) is 7.92. The van der Waals surface area contributed by atoms with Crippen molar-refractivity contribution in [1.29, 1.82) is 5.26 Å². The van der Waals surface area contributed by atoms with E-state index in [1.807, 2.05) is 34.9 Å². The van der Waals surface area contributed by atoms with E-state index in [0.29, 0.717) is 64.3 Å². The number of anilines is 1. The number of nitrogens with zero attached hydrogens (tertiary/aromatic N) is 6. The van der Waals surface area contributed by atoms with Crippen molar-refractivity contribution in [3.63, 3.8) is 0 Å². The third-order valence-electron chi connectivity index (χ3n) is 6.83. The topological polar surface area (TPSA) is 98.2 Å². The molecule has 210 valence electrons. The number of hydrogen-bond acceptors (Lipinski definition) is 8. The summed E-state index contributed by atoms with van der Waals surface area (Å²) in [6.45, 7) is 2.35. The first kappa shape index (κ1) is 27.1. The maximum absolute atomic E-state index is 13.9. The lowest BCUT2D eigenvalue weighted by Gasteiger charge is -2.28. The fraction of sp³-hybridized carbons (Fsp3) is 0.161. The van der Waals surface area contributed by atoms with Crippen molar-refractivity contribution in [1.82, 2.24) is 19.3 Å². The van der Waals surface area contributed by atoms with E-state index in [2.05, 4.69) is 21.2 Å². The highest BCUT2D eigenvalue weighted by Gasteiger charge is 2.25. The standard InChI is InChI=1S/C31H25FN6O3S/c1-40-25-13-11-24(12-14-25)38-29(39)27(19-21-7-9-22(32)10-8-21)42-30(38)26(20-33)28-34-35-31(36-15-17-41-18-16-36)37(28)23-5-3-2-4-6-23/h2-14,19H,15-18H2,1H3/b27-19-,30-26-. The Morgan fingerprint density at radius 2 is 1.67 bits per heavy atom. The van der Waals surface area contributed by atoms with Gasteiger partial charge in [0.2, 0.25) is 5.95 Å². The highest BCUT2D eigenvalue weighted by atomic mass is 32.1. The molecule has 6 rings (SSSR count). The summed E-state index contributed by atoms with van der Waals surface area (Å²) in [7, 11) is 1.57. The number of ether oxygens (including phenoxy) is 2. The van der Waals surface area contributed by atoms with E-state index in [1.54, 1.807) is 49.6 Å². The molecular formula is C31H25FN6O3S. The van der Waals surface area contributed by atoms with E-state index in [-0.39, 0.29) is 16.9 Å². The van der Waals surface area contributed by atoms with Crippen LogP contribution in [0.3, 0.4) is 0 Å². The van der Waals surface area contributed by atoms with E-state index in [9.17, 15) is 14.4 Å². The highest BCUT2D eigenvalue weighted by Crippen LogP contribution is 2.24. The van der Waals surface area contributed by atoms with E-state index < -0.39 is 0 Å². The Morgan fingerprint density at radius 3 is 2.33 bits per heavy atom. The second-order valence-electron chi connectivity index (χ2n) is 9.39. The van der Waals surface area contributed by atoms with Crippen LogP contribution in [0.5, 0.6) is 5.75 Å². The van der Waals surface area contributed by atoms with Crippen LogP contribution in [0.2, 0.25) is 0 Å². The number of nitriles is 1.